The maximum Gasteiger partial charge on any atom is 0.220 e. The summed E-state index contributed by atoms with van der Waals surface area (Å²) in [4.78, 5) is 19.0. The van der Waals surface area contributed by atoms with Crippen LogP contribution in [-0.2, 0) is 16.1 Å². The molecule has 1 atom stereocenters. The molecule has 2 aliphatic heterocycles. The summed E-state index contributed by atoms with van der Waals surface area (Å²) >= 11 is 1.67. The lowest BCUT2D eigenvalue weighted by Crippen LogP contribution is -2.35. The van der Waals surface area contributed by atoms with E-state index in [1.165, 1.54) is 18.5 Å². The first-order valence-electron chi connectivity index (χ1n) is 10.4. The quantitative estimate of drug-likeness (QED) is 0.737. The largest absolute Gasteiger partial charge is 0.376 e. The van der Waals surface area contributed by atoms with Crippen LogP contribution in [0.15, 0.2) is 29.9 Å². The first kappa shape index (κ1) is 19.6. The number of nitrogens with one attached hydrogen (secondary N) is 1. The molecule has 2 saturated heterocycles. The van der Waals surface area contributed by atoms with E-state index in [0.29, 0.717) is 18.9 Å². The van der Waals surface area contributed by atoms with Crippen molar-refractivity contribution in [2.45, 2.75) is 51.2 Å². The molecule has 28 heavy (non-hydrogen) atoms. The summed E-state index contributed by atoms with van der Waals surface area (Å²) in [6, 6.07) is 4.28. The number of nitrogens with zero attached hydrogens (tertiary/aromatic N) is 3. The fourth-order valence-electron chi connectivity index (χ4n) is 4.19. The van der Waals surface area contributed by atoms with Crippen molar-refractivity contribution in [1.82, 2.24) is 19.8 Å². The minimum atomic E-state index is 0.180. The highest BCUT2D eigenvalue weighted by Crippen LogP contribution is 2.24. The molecule has 0 spiro atoms. The number of hydrogen-bond acceptors (Lipinski definition) is 5. The zero-order valence-corrected chi connectivity index (χ0v) is 17.2. The molecule has 7 heteroatoms. The molecule has 2 fully saturated rings. The average molecular weight is 403 g/mol. The van der Waals surface area contributed by atoms with Gasteiger partial charge in [0, 0.05) is 49.6 Å². The molecule has 4 heterocycles. The Morgan fingerprint density at radius 3 is 2.96 bits per heavy atom. The van der Waals surface area contributed by atoms with E-state index >= 15 is 0 Å². The molecule has 2 aromatic heterocycles. The zero-order valence-electron chi connectivity index (χ0n) is 16.4. The predicted molar refractivity (Wildman–Crippen MR) is 111 cm³/mol. The number of likely N-dealkylation sites (tertiary alicyclic amines) is 1. The van der Waals surface area contributed by atoms with Gasteiger partial charge in [0.1, 0.15) is 0 Å². The van der Waals surface area contributed by atoms with Crippen molar-refractivity contribution >= 4 is 17.2 Å². The van der Waals surface area contributed by atoms with Crippen LogP contribution in [0, 0.1) is 5.92 Å². The molecule has 0 aliphatic carbocycles. The van der Waals surface area contributed by atoms with E-state index in [9.17, 15) is 4.79 Å². The smallest absolute Gasteiger partial charge is 0.220 e. The van der Waals surface area contributed by atoms with Gasteiger partial charge in [-0.1, -0.05) is 0 Å². The molecule has 1 N–H and O–H groups in total. The van der Waals surface area contributed by atoms with Gasteiger partial charge in [-0.2, -0.15) is 0 Å². The number of carbonyl (C=O) groups is 1. The van der Waals surface area contributed by atoms with Gasteiger partial charge in [0.2, 0.25) is 5.91 Å². The summed E-state index contributed by atoms with van der Waals surface area (Å²) in [7, 11) is 0. The SMILES string of the molecule is O=C(CCC1CCN(Cc2cccn2-c2nccs2)CC1)NC[C@H]1CCCO1. The molecule has 2 aromatic rings. The van der Waals surface area contributed by atoms with Gasteiger partial charge in [0.05, 0.1) is 6.10 Å². The summed E-state index contributed by atoms with van der Waals surface area (Å²) in [5, 5.41) is 6.09. The van der Waals surface area contributed by atoms with Crippen LogP contribution < -0.4 is 5.32 Å². The second kappa shape index (κ2) is 9.67. The van der Waals surface area contributed by atoms with Crippen LogP contribution in [0.5, 0.6) is 0 Å². The lowest BCUT2D eigenvalue weighted by Gasteiger charge is -2.32. The fraction of sp³-hybridized carbons (Fsp3) is 0.619. The van der Waals surface area contributed by atoms with E-state index in [1.807, 2.05) is 11.6 Å². The maximum atomic E-state index is 12.1. The summed E-state index contributed by atoms with van der Waals surface area (Å²) in [5.41, 5.74) is 1.29. The number of rotatable bonds is 8. The van der Waals surface area contributed by atoms with Crippen LogP contribution in [0.25, 0.3) is 5.13 Å². The molecule has 0 saturated carbocycles. The third-order valence-corrected chi connectivity index (χ3v) is 6.65. The van der Waals surface area contributed by atoms with Crippen molar-refractivity contribution in [3.8, 4) is 5.13 Å². The molecule has 0 radical (unpaired) electrons. The molecule has 2 aliphatic rings. The Kier molecular flexibility index (Phi) is 6.77. The third kappa shape index (κ3) is 5.21. The second-order valence-electron chi connectivity index (χ2n) is 7.88. The van der Waals surface area contributed by atoms with Crippen LogP contribution in [0.3, 0.4) is 0 Å². The summed E-state index contributed by atoms with van der Waals surface area (Å²) in [6.45, 7) is 4.68. The zero-order chi connectivity index (χ0) is 19.2. The summed E-state index contributed by atoms with van der Waals surface area (Å²) < 4.78 is 7.75. The van der Waals surface area contributed by atoms with E-state index in [1.54, 1.807) is 11.3 Å². The normalized spacial score (nSPS) is 21.2. The molecule has 1 amide bonds. The molecular weight excluding hydrogens is 372 g/mol. The number of hydrogen-bond donors (Lipinski definition) is 1. The number of amides is 1. The fourth-order valence-corrected chi connectivity index (χ4v) is 4.84. The lowest BCUT2D eigenvalue weighted by atomic mass is 9.92. The van der Waals surface area contributed by atoms with E-state index in [0.717, 1.165) is 50.6 Å². The van der Waals surface area contributed by atoms with Gasteiger partial charge in [-0.05, 0) is 63.2 Å². The van der Waals surface area contributed by atoms with Gasteiger partial charge < -0.3 is 10.1 Å². The Hall–Kier alpha value is -1.70. The standard InChI is InChI=1S/C21H30N4O2S/c26-20(23-15-19-4-2-13-27-19)6-5-17-7-11-24(12-8-17)16-18-3-1-10-25(18)21-22-9-14-28-21/h1,3,9-10,14,17,19H,2,4-8,11-13,15-16H2,(H,23,26)/t19-/m1/s1. The molecule has 4 rings (SSSR count). The monoisotopic (exact) mass is 402 g/mol. The lowest BCUT2D eigenvalue weighted by molar-refractivity contribution is -0.122. The van der Waals surface area contributed by atoms with E-state index in [4.69, 9.17) is 4.74 Å². The second-order valence-corrected chi connectivity index (χ2v) is 8.75. The van der Waals surface area contributed by atoms with Crippen molar-refractivity contribution in [2.24, 2.45) is 5.92 Å². The average Bonchev–Trinajstić information content (AvgIpc) is 3.48. The van der Waals surface area contributed by atoms with Gasteiger partial charge in [-0.25, -0.2) is 4.98 Å². The highest BCUT2D eigenvalue weighted by atomic mass is 32.1. The van der Waals surface area contributed by atoms with Crippen molar-refractivity contribution in [3.63, 3.8) is 0 Å². The van der Waals surface area contributed by atoms with Gasteiger partial charge in [-0.15, -0.1) is 11.3 Å². The minimum Gasteiger partial charge on any atom is -0.376 e. The highest BCUT2D eigenvalue weighted by molar-refractivity contribution is 7.12. The molecule has 152 valence electrons. The van der Waals surface area contributed by atoms with Crippen LogP contribution in [0.2, 0.25) is 0 Å². The van der Waals surface area contributed by atoms with Crippen molar-refractivity contribution < 1.29 is 9.53 Å². The Morgan fingerprint density at radius 2 is 2.21 bits per heavy atom. The summed E-state index contributed by atoms with van der Waals surface area (Å²) in [6.07, 6.45) is 10.4. The molecule has 0 aromatic carbocycles. The van der Waals surface area contributed by atoms with Crippen molar-refractivity contribution in [2.75, 3.05) is 26.2 Å². The van der Waals surface area contributed by atoms with Crippen molar-refractivity contribution in [3.05, 3.63) is 35.6 Å². The van der Waals surface area contributed by atoms with E-state index < -0.39 is 0 Å². The Balaban J connectivity index is 1.16. The first-order chi connectivity index (χ1) is 13.8. The number of aromatic nitrogens is 2. The third-order valence-electron chi connectivity index (χ3n) is 5.88. The topological polar surface area (TPSA) is 59.4 Å². The van der Waals surface area contributed by atoms with Gasteiger partial charge in [0.25, 0.3) is 0 Å². The predicted octanol–water partition coefficient (Wildman–Crippen LogP) is 3.22. The summed E-state index contributed by atoms with van der Waals surface area (Å²) in [5.74, 6) is 0.842. The molecule has 0 bridgehead atoms. The first-order valence-corrected chi connectivity index (χ1v) is 11.3. The van der Waals surface area contributed by atoms with Crippen LogP contribution in [-0.4, -0.2) is 52.7 Å². The van der Waals surface area contributed by atoms with Gasteiger partial charge >= 0.3 is 0 Å². The Labute approximate surface area is 170 Å². The maximum absolute atomic E-state index is 12.1. The van der Waals surface area contributed by atoms with Crippen LogP contribution in [0.4, 0.5) is 0 Å². The van der Waals surface area contributed by atoms with E-state index in [2.05, 4.69) is 38.1 Å². The molecule has 0 unspecified atom stereocenters. The van der Waals surface area contributed by atoms with Gasteiger partial charge in [-0.3, -0.25) is 14.3 Å². The minimum absolute atomic E-state index is 0.180. The van der Waals surface area contributed by atoms with Crippen LogP contribution in [0.1, 0.15) is 44.2 Å². The Bertz CT molecular complexity index is 731. The molecular formula is C21H30N4O2S. The number of carbonyl (C=O) groups excluding carboxylic acids is 1. The number of piperidine rings is 1. The molecule has 6 nitrogen and oxygen atoms in total. The van der Waals surface area contributed by atoms with Gasteiger partial charge in [0.15, 0.2) is 5.13 Å². The van der Waals surface area contributed by atoms with Crippen molar-refractivity contribution in [1.29, 1.82) is 0 Å². The van der Waals surface area contributed by atoms with Crippen LogP contribution >= 0.6 is 11.3 Å². The highest BCUT2D eigenvalue weighted by Gasteiger charge is 2.21. The number of ether oxygens (including phenoxy) is 1. The number of thiazole rings is 1. The van der Waals surface area contributed by atoms with E-state index in [-0.39, 0.29) is 12.0 Å². The Morgan fingerprint density at radius 1 is 1.32 bits per heavy atom.